The molecule has 1 spiro atoms. The molecule has 1 aliphatic heterocycles. The van der Waals surface area contributed by atoms with Crippen molar-refractivity contribution in [1.29, 1.82) is 0 Å². The van der Waals surface area contributed by atoms with Gasteiger partial charge in [0.1, 0.15) is 34.6 Å². The van der Waals surface area contributed by atoms with E-state index in [1.54, 1.807) is 19.1 Å². The van der Waals surface area contributed by atoms with Crippen LogP contribution in [0.2, 0.25) is 5.02 Å². The van der Waals surface area contributed by atoms with Gasteiger partial charge in [-0.25, -0.2) is 4.98 Å². The lowest BCUT2D eigenvalue weighted by atomic mass is 9.63. The van der Waals surface area contributed by atoms with Gasteiger partial charge in [0.15, 0.2) is 0 Å². The molecule has 1 saturated carbocycles. The summed E-state index contributed by atoms with van der Waals surface area (Å²) in [5.74, 6) is 3.76. The minimum atomic E-state index is -4.66. The Labute approximate surface area is 217 Å². The molecule has 2 aromatic rings. The SMILES string of the molecule is CC#Cc1cc(Cl)c(C2C(=O)CC3(CCN(C(=O)c4cccc(C(F)(F)F)n4)CC3)CC2=O)c(OC)c1. The van der Waals surface area contributed by atoms with Gasteiger partial charge >= 0.3 is 6.18 Å². The molecule has 0 N–H and O–H groups in total. The molecule has 6 nitrogen and oxygen atoms in total. The van der Waals surface area contributed by atoms with Crippen molar-refractivity contribution < 1.29 is 32.3 Å². The number of ketones is 2. The van der Waals surface area contributed by atoms with Crippen LogP contribution in [0.4, 0.5) is 13.2 Å². The fourth-order valence-electron chi connectivity index (χ4n) is 5.18. The monoisotopic (exact) mass is 532 g/mol. The van der Waals surface area contributed by atoms with E-state index in [-0.39, 0.29) is 48.2 Å². The number of piperidine rings is 1. The zero-order chi connectivity index (χ0) is 27.0. The molecule has 194 valence electrons. The highest BCUT2D eigenvalue weighted by atomic mass is 35.5. The predicted octanol–water partition coefficient (Wildman–Crippen LogP) is 5.07. The van der Waals surface area contributed by atoms with Gasteiger partial charge in [-0.2, -0.15) is 13.2 Å². The van der Waals surface area contributed by atoms with Crippen LogP contribution in [0.3, 0.4) is 0 Å². The Morgan fingerprint density at radius 1 is 1.16 bits per heavy atom. The number of methoxy groups -OCH3 is 1. The van der Waals surface area contributed by atoms with Gasteiger partial charge in [0.25, 0.3) is 5.91 Å². The molecule has 1 aliphatic carbocycles. The summed E-state index contributed by atoms with van der Waals surface area (Å²) in [5.41, 5.74) is -1.10. The summed E-state index contributed by atoms with van der Waals surface area (Å²) < 4.78 is 44.4. The molecule has 0 atom stereocenters. The van der Waals surface area contributed by atoms with Gasteiger partial charge < -0.3 is 9.64 Å². The molecule has 2 heterocycles. The summed E-state index contributed by atoms with van der Waals surface area (Å²) in [5, 5.41) is 0.230. The number of alkyl halides is 3. The molecule has 1 aromatic heterocycles. The van der Waals surface area contributed by atoms with Gasteiger partial charge in [0.05, 0.1) is 7.11 Å². The summed E-state index contributed by atoms with van der Waals surface area (Å²) in [4.78, 5) is 44.4. The summed E-state index contributed by atoms with van der Waals surface area (Å²) in [6.45, 7) is 2.09. The Kier molecular flexibility index (Phi) is 7.33. The van der Waals surface area contributed by atoms with Crippen molar-refractivity contribution in [1.82, 2.24) is 9.88 Å². The highest BCUT2D eigenvalue weighted by Gasteiger charge is 2.48. The molecule has 0 unspecified atom stereocenters. The van der Waals surface area contributed by atoms with Crippen LogP contribution in [0, 0.1) is 17.3 Å². The molecule has 1 amide bonds. The summed E-state index contributed by atoms with van der Waals surface area (Å²) >= 11 is 6.47. The first-order valence-electron chi connectivity index (χ1n) is 11.7. The fraction of sp³-hybridized carbons (Fsp3) is 0.407. The topological polar surface area (TPSA) is 76.6 Å². The van der Waals surface area contributed by atoms with E-state index < -0.39 is 29.1 Å². The van der Waals surface area contributed by atoms with Crippen molar-refractivity contribution in [3.05, 3.63) is 57.9 Å². The number of carbonyl (C=O) groups is 3. The highest BCUT2D eigenvalue weighted by molar-refractivity contribution is 6.32. The molecule has 4 rings (SSSR count). The molecular formula is C27H24ClF3N2O4. The first-order chi connectivity index (χ1) is 17.5. The minimum Gasteiger partial charge on any atom is -0.496 e. The van der Waals surface area contributed by atoms with Crippen LogP contribution in [0.15, 0.2) is 30.3 Å². The van der Waals surface area contributed by atoms with Crippen LogP contribution in [0.5, 0.6) is 5.75 Å². The van der Waals surface area contributed by atoms with E-state index in [2.05, 4.69) is 16.8 Å². The second kappa shape index (κ2) is 10.2. The maximum absolute atomic E-state index is 13.3. The number of nitrogens with zero attached hydrogens (tertiary/aromatic N) is 2. The molecule has 10 heteroatoms. The first-order valence-corrected chi connectivity index (χ1v) is 12.0. The molecule has 1 aromatic carbocycles. The second-order valence-corrected chi connectivity index (χ2v) is 9.77. The van der Waals surface area contributed by atoms with Crippen molar-refractivity contribution in [2.45, 2.75) is 44.7 Å². The van der Waals surface area contributed by atoms with E-state index in [0.717, 1.165) is 12.1 Å². The number of likely N-dealkylation sites (tertiary alicyclic amines) is 1. The smallest absolute Gasteiger partial charge is 0.433 e. The highest BCUT2D eigenvalue weighted by Crippen LogP contribution is 2.48. The number of carbonyl (C=O) groups excluding carboxylic acids is 3. The molecule has 2 fully saturated rings. The Hall–Kier alpha value is -3.38. The quantitative estimate of drug-likeness (QED) is 0.407. The zero-order valence-electron chi connectivity index (χ0n) is 20.2. The molecule has 0 bridgehead atoms. The second-order valence-electron chi connectivity index (χ2n) is 9.37. The normalized spacial score (nSPS) is 17.9. The Morgan fingerprint density at radius 2 is 1.81 bits per heavy atom. The number of pyridine rings is 1. The minimum absolute atomic E-state index is 0.128. The average Bonchev–Trinajstić information content (AvgIpc) is 2.84. The Balaban J connectivity index is 1.49. The lowest BCUT2D eigenvalue weighted by Gasteiger charge is -2.44. The lowest BCUT2D eigenvalue weighted by Crippen LogP contribution is -2.48. The molecule has 37 heavy (non-hydrogen) atoms. The van der Waals surface area contributed by atoms with Gasteiger partial charge in [0, 0.05) is 42.1 Å². The van der Waals surface area contributed by atoms with Crippen molar-refractivity contribution in [2.24, 2.45) is 5.41 Å². The number of halogens is 4. The Bertz CT molecular complexity index is 1300. The number of hydrogen-bond acceptors (Lipinski definition) is 5. The van der Waals surface area contributed by atoms with Crippen molar-refractivity contribution in [2.75, 3.05) is 20.2 Å². The molecule has 2 aliphatic rings. The summed E-state index contributed by atoms with van der Waals surface area (Å²) in [6.07, 6.45) is -3.65. The number of aromatic nitrogens is 1. The standard InChI is InChI=1S/C27H24ClF3N2O4/c1-3-5-16-12-17(28)23(21(13-16)37-2)24-19(34)14-26(15-20(24)35)8-10-33(11-9-26)25(36)18-6-4-7-22(32-18)27(29,30)31/h4,6-7,12-13,24H,8-11,14-15H2,1-2H3. The van der Waals surface area contributed by atoms with Crippen LogP contribution in [-0.2, 0) is 15.8 Å². The fourth-order valence-corrected chi connectivity index (χ4v) is 5.50. The Morgan fingerprint density at radius 3 is 2.38 bits per heavy atom. The van der Waals surface area contributed by atoms with Gasteiger partial charge in [-0.15, -0.1) is 5.92 Å². The maximum Gasteiger partial charge on any atom is 0.433 e. The van der Waals surface area contributed by atoms with Crippen LogP contribution in [0.1, 0.15) is 65.8 Å². The number of amides is 1. The van der Waals surface area contributed by atoms with E-state index in [4.69, 9.17) is 16.3 Å². The summed E-state index contributed by atoms with van der Waals surface area (Å²) in [6, 6.07) is 6.45. The number of Topliss-reactive ketones (excluding diaryl/α,β-unsaturated/α-hetero) is 2. The van der Waals surface area contributed by atoms with Crippen molar-refractivity contribution in [3.63, 3.8) is 0 Å². The van der Waals surface area contributed by atoms with Crippen LogP contribution >= 0.6 is 11.6 Å². The molecule has 0 radical (unpaired) electrons. The van der Waals surface area contributed by atoms with Crippen molar-refractivity contribution in [3.8, 4) is 17.6 Å². The van der Waals surface area contributed by atoms with Gasteiger partial charge in [-0.1, -0.05) is 23.6 Å². The number of hydrogen-bond donors (Lipinski definition) is 0. The number of ether oxygens (including phenoxy) is 1. The van der Waals surface area contributed by atoms with Crippen LogP contribution < -0.4 is 4.74 Å². The van der Waals surface area contributed by atoms with Crippen LogP contribution in [0.25, 0.3) is 0 Å². The number of rotatable bonds is 3. The third kappa shape index (κ3) is 5.35. The van der Waals surface area contributed by atoms with E-state index in [1.807, 2.05) is 0 Å². The van der Waals surface area contributed by atoms with E-state index >= 15 is 0 Å². The third-order valence-electron chi connectivity index (χ3n) is 6.98. The van der Waals surface area contributed by atoms with Gasteiger partial charge in [-0.05, 0) is 49.4 Å². The first kappa shape index (κ1) is 26.7. The third-order valence-corrected chi connectivity index (χ3v) is 7.29. The van der Waals surface area contributed by atoms with Gasteiger partial charge in [0.2, 0.25) is 0 Å². The predicted molar refractivity (Wildman–Crippen MR) is 129 cm³/mol. The molecular weight excluding hydrogens is 509 g/mol. The zero-order valence-corrected chi connectivity index (χ0v) is 21.0. The van der Waals surface area contributed by atoms with E-state index in [0.29, 0.717) is 29.7 Å². The lowest BCUT2D eigenvalue weighted by molar-refractivity contribution is -0.141. The van der Waals surface area contributed by atoms with Crippen LogP contribution in [-0.4, -0.2) is 47.6 Å². The molecule has 1 saturated heterocycles. The summed E-state index contributed by atoms with van der Waals surface area (Å²) in [7, 11) is 1.43. The van der Waals surface area contributed by atoms with E-state index in [9.17, 15) is 27.6 Å². The maximum atomic E-state index is 13.3. The van der Waals surface area contributed by atoms with Gasteiger partial charge in [-0.3, -0.25) is 14.4 Å². The number of benzene rings is 1. The largest absolute Gasteiger partial charge is 0.496 e. The van der Waals surface area contributed by atoms with Crippen molar-refractivity contribution >= 4 is 29.1 Å². The average molecular weight is 533 g/mol. The van der Waals surface area contributed by atoms with E-state index in [1.165, 1.54) is 18.1 Å².